The van der Waals surface area contributed by atoms with Gasteiger partial charge in [-0.3, -0.25) is 57.5 Å². The molecule has 4 aromatic heterocycles. The van der Waals surface area contributed by atoms with Gasteiger partial charge < -0.3 is 123 Å². The highest BCUT2D eigenvalue weighted by atomic mass is 32.3. The zero-order chi connectivity index (χ0) is 95.0. The first-order chi connectivity index (χ1) is 60.8. The summed E-state index contributed by atoms with van der Waals surface area (Å²) in [5.41, 5.74) is 1.78. The van der Waals surface area contributed by atoms with Gasteiger partial charge in [-0.05, 0) is 136 Å². The number of aryl methyl sites for hydroxylation is 8. The van der Waals surface area contributed by atoms with Crippen molar-refractivity contribution in [1.82, 2.24) is 85.5 Å². The van der Waals surface area contributed by atoms with Gasteiger partial charge >= 0.3 is 11.9 Å². The maximum absolute atomic E-state index is 13.9. The number of rotatable bonds is 49. The molecule has 0 aliphatic rings. The molecule has 0 aliphatic carbocycles. The van der Waals surface area contributed by atoms with E-state index in [1.54, 1.807) is 93.5 Å². The van der Waals surface area contributed by atoms with Crippen LogP contribution in [0.15, 0.2) is 117 Å². The van der Waals surface area contributed by atoms with Crippen molar-refractivity contribution in [1.29, 1.82) is 0 Å². The Kier molecular flexibility index (Phi) is 36.6. The SMILES string of the molecule is CN[C@@H](CCC(=O)N[C@@H](CS(O)(O)O)C(=O)NCCNC(=O)CCCOc1cc(C)c(S(=O)(=O)N[C@@H](CNC(=O)c2cn(C)c3cc(CNc4nccn4C)ccc3c2=O)C(=O)OC)c(C)c1)C(=O)N[C@@H](CS(O)(O)O)C(=O)NCCNC(=O)CCCOc1cc(C)c(S(=O)(=O)N[C@@H](CNC(=O)c2cn(C)c3cc(CNc4nccn4C)ccc3c2=O)C(=O)OC)c(C)c1. The number of hydrogen-bond donors (Lipinski definition) is 19. The predicted molar refractivity (Wildman–Crippen MR) is 476 cm³/mol. The third kappa shape index (κ3) is 29.7. The molecule has 19 N–H and O–H groups in total. The molecule has 8 amide bonds. The monoisotopic (exact) mass is 1880 g/mol. The number of nitrogens with zero attached hydrogens (tertiary/aromatic N) is 6. The maximum Gasteiger partial charge on any atom is 0.325 e. The van der Waals surface area contributed by atoms with Gasteiger partial charge in [0.2, 0.25) is 78.2 Å². The van der Waals surface area contributed by atoms with Crippen LogP contribution in [-0.4, -0.2) is 247 Å². The molecule has 4 heterocycles. The number of pyridine rings is 2. The van der Waals surface area contributed by atoms with Gasteiger partial charge in [-0.25, -0.2) is 26.8 Å². The fourth-order valence-corrected chi connectivity index (χ4v) is 18.3. The molecule has 0 bridgehead atoms. The van der Waals surface area contributed by atoms with Crippen LogP contribution in [0.1, 0.15) is 92.6 Å². The number of imidazole rings is 2. The zero-order valence-electron chi connectivity index (χ0n) is 72.5. The Morgan fingerprint density at radius 3 is 1.19 bits per heavy atom. The first-order valence-electron chi connectivity index (χ1n) is 40.0. The van der Waals surface area contributed by atoms with Gasteiger partial charge in [-0.15, -0.1) is 0 Å². The first-order valence-corrected chi connectivity index (χ1v) is 46.4. The molecule has 5 atom stereocenters. The van der Waals surface area contributed by atoms with Crippen LogP contribution in [0, 0.1) is 27.7 Å². The molecule has 49 heteroatoms. The van der Waals surface area contributed by atoms with E-state index in [1.165, 1.54) is 71.4 Å². The number of amides is 8. The van der Waals surface area contributed by atoms with Crippen LogP contribution in [0.25, 0.3) is 21.8 Å². The van der Waals surface area contributed by atoms with Crippen molar-refractivity contribution in [3.63, 3.8) is 0 Å². The highest BCUT2D eigenvalue weighted by Crippen LogP contribution is 2.35. The summed E-state index contributed by atoms with van der Waals surface area (Å²) in [7, 11) is -7.60. The summed E-state index contributed by atoms with van der Waals surface area (Å²) in [6, 6.07) is 7.70. The van der Waals surface area contributed by atoms with Gasteiger partial charge in [0, 0.05) is 148 Å². The smallest absolute Gasteiger partial charge is 0.325 e. The number of methoxy groups -OCH3 is 2. The lowest BCUT2D eigenvalue weighted by Crippen LogP contribution is -2.55. The fourth-order valence-electron chi connectivity index (χ4n) is 13.6. The summed E-state index contributed by atoms with van der Waals surface area (Å²) in [4.78, 5) is 167. The van der Waals surface area contributed by atoms with Crippen molar-refractivity contribution < 1.29 is 111 Å². The van der Waals surface area contributed by atoms with Crippen molar-refractivity contribution in [3.05, 3.63) is 163 Å². The topological polar surface area (TPSA) is 633 Å². The molecule has 0 fully saturated rings. The number of carbonyl (C=O) groups is 10. The number of ether oxygens (including phenoxy) is 4. The van der Waals surface area contributed by atoms with E-state index in [0.717, 1.165) is 25.3 Å². The van der Waals surface area contributed by atoms with E-state index in [1.807, 2.05) is 14.1 Å². The number of nitrogens with one attached hydrogen (secondary N) is 13. The Morgan fingerprint density at radius 1 is 0.457 bits per heavy atom. The Hall–Kier alpha value is -12.1. The molecule has 0 aliphatic heterocycles. The molecular weight excluding hydrogens is 1770 g/mol. The Morgan fingerprint density at radius 2 is 0.837 bits per heavy atom. The third-order valence-corrected chi connectivity index (χ3v) is 25.1. The van der Waals surface area contributed by atoms with E-state index < -0.39 is 173 Å². The quantitative estimate of drug-likeness (QED) is 0.0187. The van der Waals surface area contributed by atoms with Gasteiger partial charge in [0.25, 0.3) is 11.8 Å². The molecule has 8 aromatic rings. The predicted octanol–water partition coefficient (Wildman–Crippen LogP) is 1.08. The van der Waals surface area contributed by atoms with E-state index in [2.05, 4.69) is 77.9 Å². The molecule has 704 valence electrons. The van der Waals surface area contributed by atoms with Crippen molar-refractivity contribution in [2.75, 3.05) is 95.9 Å². The Balaban J connectivity index is 0.715. The molecule has 0 saturated carbocycles. The minimum absolute atomic E-state index is 0.0362. The minimum Gasteiger partial charge on any atom is -0.494 e. The second-order valence-corrected chi connectivity index (χ2v) is 36.5. The van der Waals surface area contributed by atoms with E-state index in [4.69, 9.17) is 18.9 Å². The van der Waals surface area contributed by atoms with E-state index in [-0.39, 0.29) is 137 Å². The number of hydrogen-bond acceptors (Lipinski definition) is 31. The van der Waals surface area contributed by atoms with Crippen molar-refractivity contribution in [3.8, 4) is 11.5 Å². The van der Waals surface area contributed by atoms with Crippen LogP contribution in [0.4, 0.5) is 11.9 Å². The number of aromatic nitrogens is 6. The summed E-state index contributed by atoms with van der Waals surface area (Å²) >= 11 is 0. The van der Waals surface area contributed by atoms with E-state index in [0.29, 0.717) is 36.0 Å². The lowest BCUT2D eigenvalue weighted by Gasteiger charge is -2.27. The normalized spacial score (nSPS) is 13.2. The summed E-state index contributed by atoms with van der Waals surface area (Å²) in [5.74, 6) is -9.30. The van der Waals surface area contributed by atoms with Crippen LogP contribution in [0.2, 0.25) is 0 Å². The van der Waals surface area contributed by atoms with Crippen LogP contribution >= 0.6 is 21.7 Å². The first kappa shape index (κ1) is 102. The number of anilines is 2. The zero-order valence-corrected chi connectivity index (χ0v) is 75.8. The molecule has 45 nitrogen and oxygen atoms in total. The van der Waals surface area contributed by atoms with Gasteiger partial charge in [0.1, 0.15) is 46.8 Å². The average Bonchev–Trinajstić information content (AvgIpc) is 1.53. The lowest BCUT2D eigenvalue weighted by atomic mass is 10.1. The highest BCUT2D eigenvalue weighted by Gasteiger charge is 2.36. The third-order valence-electron chi connectivity index (χ3n) is 20.0. The van der Waals surface area contributed by atoms with Crippen LogP contribution < -0.4 is 88.3 Å². The second-order valence-electron chi connectivity index (χ2n) is 30.0. The standard InChI is InChI=1S/C80H109N19O26S4/c1-46-32-52(33-47(2)70(46)128(118,119)94-59(77(110)122-10)40-88-72(105)56-42-98(8)63-36-50(16-18-54(63)68(56)103)38-90-79-86-26-28-96(79)6)124-30-12-14-65(100)82-22-24-84-74(107)61(44-126(112,113)114)92-67(102)21-20-58(81-5)76(109)93-62(45-127(115,116)117)75(108)85-25-23-83-66(101)15-13-31-125-53-34-48(3)71(49(4)35-53)129(120,121)95-60(78(111)123-11)41-89-73(106)57-43-99(9)64-37-51(17-19-55(64)69(57)104)39-91-80-87-27-29-97(80)7/h16-19,26-29,32-37,42-43,58-62,81,94-95,112-117H,12-15,20-25,30-31,38-41,44-45H2,1-11H3,(H,82,100)(H,83,101)(H,84,107)(H,85,108)(H,86,90)(H,87,91)(H,88,105)(H,89,106)(H,92,102)(H,93,109)/t58-,59-,60-,61-,62-/m0/s1. The van der Waals surface area contributed by atoms with Gasteiger partial charge in [0.05, 0.1) is 87.5 Å². The van der Waals surface area contributed by atoms with Gasteiger partial charge in [-0.2, -0.15) is 9.44 Å². The number of esters is 2. The molecule has 129 heavy (non-hydrogen) atoms. The summed E-state index contributed by atoms with van der Waals surface area (Å²) in [5, 5.41) is 28.9. The van der Waals surface area contributed by atoms with Crippen LogP contribution in [-0.2, 0) is 109 Å². The molecule has 0 radical (unpaired) electrons. The number of likely N-dealkylation sites (N-methyl/N-ethyl adjacent to an activating group) is 1. The molecule has 4 aromatic carbocycles. The van der Waals surface area contributed by atoms with Crippen molar-refractivity contribution in [2.45, 2.75) is 119 Å². The maximum atomic E-state index is 13.9. The lowest BCUT2D eigenvalue weighted by molar-refractivity contribution is -0.143. The highest BCUT2D eigenvalue weighted by molar-refractivity contribution is 8.19. The number of sulfonamides is 2. The molecule has 0 spiro atoms. The summed E-state index contributed by atoms with van der Waals surface area (Å²) < 4.78 is 148. The number of fused-ring (bicyclic) bond motifs is 2. The van der Waals surface area contributed by atoms with Crippen LogP contribution in [0.5, 0.6) is 11.5 Å². The molecule has 8 rings (SSSR count). The minimum atomic E-state index is -4.52. The average molecular weight is 1880 g/mol. The van der Waals surface area contributed by atoms with Gasteiger partial charge in [0.15, 0.2) is 0 Å². The molecule has 0 unspecified atom stereocenters. The summed E-state index contributed by atoms with van der Waals surface area (Å²) in [6.45, 7) is 4.50. The number of benzene rings is 4. The van der Waals surface area contributed by atoms with E-state index in [9.17, 15) is 102 Å². The largest absolute Gasteiger partial charge is 0.494 e. The van der Waals surface area contributed by atoms with Crippen molar-refractivity contribution >= 4 is 135 Å². The fraction of sp³-hybridized carbons (Fsp3) is 0.425. The Bertz CT molecular complexity index is 5770. The second kappa shape index (κ2) is 46.2. The van der Waals surface area contributed by atoms with Crippen LogP contribution in [0.3, 0.4) is 0 Å². The van der Waals surface area contributed by atoms with Crippen molar-refractivity contribution in [2.24, 2.45) is 28.2 Å². The summed E-state index contributed by atoms with van der Waals surface area (Å²) in [6.07, 6.45) is 8.67. The van der Waals surface area contributed by atoms with Gasteiger partial charge in [-0.1, -0.05) is 12.1 Å². The Labute approximate surface area is 744 Å². The number of carbonyl (C=O) groups excluding carboxylic acids is 10. The molecular formula is C80H109N19O26S4. The van der Waals surface area contributed by atoms with E-state index >= 15 is 0 Å². The molecule has 0 saturated heterocycles.